The van der Waals surface area contributed by atoms with Gasteiger partial charge in [-0.3, -0.25) is 19.2 Å². The van der Waals surface area contributed by atoms with Gasteiger partial charge in [-0.15, -0.1) is 5.06 Å². The molecule has 1 aliphatic heterocycles. The standard InChI is InChI=1S/C31H52N2O9/c1-30(2,3)40-27(37)18-16-14-12-10-8-7-9-11-13-15-17-24(34)32-23(29(39)41-31(4,5)6)19-22-28(38)42-33-25(35)20-21-26(33)36/h23H,7-22H2,1-6H3,(H,32,34). The molecule has 1 rings (SSSR count). The van der Waals surface area contributed by atoms with Gasteiger partial charge in [0, 0.05) is 25.7 Å². The van der Waals surface area contributed by atoms with Crippen molar-refractivity contribution in [1.29, 1.82) is 0 Å². The summed E-state index contributed by atoms with van der Waals surface area (Å²) in [6.07, 6.45) is 10.4. The molecule has 1 N–H and O–H groups in total. The Kier molecular flexibility index (Phi) is 16.3. The molecule has 11 nitrogen and oxygen atoms in total. The van der Waals surface area contributed by atoms with E-state index in [0.29, 0.717) is 17.9 Å². The van der Waals surface area contributed by atoms with Gasteiger partial charge in [0.15, 0.2) is 0 Å². The number of ether oxygens (including phenoxy) is 2. The first-order valence-corrected chi connectivity index (χ1v) is 15.4. The summed E-state index contributed by atoms with van der Waals surface area (Å²) in [6, 6.07) is -1.06. The topological polar surface area (TPSA) is 145 Å². The average Bonchev–Trinajstić information content (AvgIpc) is 3.17. The van der Waals surface area contributed by atoms with Crippen LogP contribution < -0.4 is 5.32 Å². The van der Waals surface area contributed by atoms with Gasteiger partial charge in [0.1, 0.15) is 17.2 Å². The third-order valence-corrected chi connectivity index (χ3v) is 6.32. The number of hydroxylamine groups is 2. The van der Waals surface area contributed by atoms with Crippen molar-refractivity contribution in [3.05, 3.63) is 0 Å². The minimum atomic E-state index is -1.06. The maximum Gasteiger partial charge on any atom is 0.333 e. The Hall–Kier alpha value is -2.98. The van der Waals surface area contributed by atoms with Crippen molar-refractivity contribution in [2.45, 2.75) is 162 Å². The van der Waals surface area contributed by atoms with Gasteiger partial charge in [0.05, 0.1) is 6.42 Å². The van der Waals surface area contributed by atoms with E-state index in [4.69, 9.17) is 14.3 Å². The molecule has 1 aliphatic rings. The number of esters is 2. The normalized spacial score (nSPS) is 14.5. The Labute approximate surface area is 250 Å². The molecule has 42 heavy (non-hydrogen) atoms. The van der Waals surface area contributed by atoms with E-state index >= 15 is 0 Å². The van der Waals surface area contributed by atoms with E-state index in [-0.39, 0.29) is 44.0 Å². The number of nitrogens with one attached hydrogen (secondary N) is 1. The van der Waals surface area contributed by atoms with E-state index in [0.717, 1.165) is 57.8 Å². The number of carbonyl (C=O) groups is 6. The molecular formula is C31H52N2O9. The molecule has 0 aliphatic carbocycles. The van der Waals surface area contributed by atoms with Crippen LogP contribution in [0.5, 0.6) is 0 Å². The first-order valence-electron chi connectivity index (χ1n) is 15.4. The van der Waals surface area contributed by atoms with Crippen LogP contribution >= 0.6 is 0 Å². The summed E-state index contributed by atoms with van der Waals surface area (Å²) < 4.78 is 10.7. The van der Waals surface area contributed by atoms with Crippen molar-refractivity contribution < 1.29 is 43.1 Å². The van der Waals surface area contributed by atoms with Crippen LogP contribution in [0.1, 0.15) is 144 Å². The highest BCUT2D eigenvalue weighted by atomic mass is 16.7. The molecule has 240 valence electrons. The van der Waals surface area contributed by atoms with Crippen LogP contribution in [-0.4, -0.2) is 57.9 Å². The van der Waals surface area contributed by atoms with E-state index in [1.54, 1.807) is 20.8 Å². The largest absolute Gasteiger partial charge is 0.460 e. The van der Waals surface area contributed by atoms with Gasteiger partial charge in [0.25, 0.3) is 11.8 Å². The van der Waals surface area contributed by atoms with Crippen LogP contribution in [0.3, 0.4) is 0 Å². The van der Waals surface area contributed by atoms with Crippen molar-refractivity contribution in [3.8, 4) is 0 Å². The van der Waals surface area contributed by atoms with Gasteiger partial charge < -0.3 is 19.6 Å². The van der Waals surface area contributed by atoms with Gasteiger partial charge in [-0.05, 0) is 60.8 Å². The fraction of sp³-hybridized carbons (Fsp3) is 0.806. The Morgan fingerprint density at radius 2 is 1.12 bits per heavy atom. The fourth-order valence-corrected chi connectivity index (χ4v) is 4.32. The van der Waals surface area contributed by atoms with Gasteiger partial charge in [-0.1, -0.05) is 51.4 Å². The van der Waals surface area contributed by atoms with Crippen LogP contribution in [0.15, 0.2) is 0 Å². The SMILES string of the molecule is CC(C)(C)OC(=O)CCCCCCCCCCCCC(=O)NC(CCC(=O)ON1C(=O)CCC1=O)C(=O)OC(C)(C)C. The Bertz CT molecular complexity index is 902. The predicted molar refractivity (Wildman–Crippen MR) is 155 cm³/mol. The molecule has 0 radical (unpaired) electrons. The molecule has 0 bridgehead atoms. The lowest BCUT2D eigenvalue weighted by Gasteiger charge is -2.24. The lowest BCUT2D eigenvalue weighted by atomic mass is 10.0. The molecule has 1 unspecified atom stereocenters. The van der Waals surface area contributed by atoms with Crippen LogP contribution in [0.2, 0.25) is 0 Å². The smallest absolute Gasteiger partial charge is 0.333 e. The lowest BCUT2D eigenvalue weighted by Crippen LogP contribution is -2.44. The molecular weight excluding hydrogens is 544 g/mol. The van der Waals surface area contributed by atoms with E-state index in [2.05, 4.69) is 5.32 Å². The Morgan fingerprint density at radius 3 is 1.60 bits per heavy atom. The zero-order valence-electron chi connectivity index (χ0n) is 26.5. The number of hydrogen-bond donors (Lipinski definition) is 1. The average molecular weight is 597 g/mol. The highest BCUT2D eigenvalue weighted by Crippen LogP contribution is 2.16. The molecule has 0 saturated carbocycles. The molecule has 0 spiro atoms. The lowest BCUT2D eigenvalue weighted by molar-refractivity contribution is -0.197. The zero-order valence-corrected chi connectivity index (χ0v) is 26.5. The molecule has 1 atom stereocenters. The highest BCUT2D eigenvalue weighted by molar-refractivity contribution is 6.01. The second-order valence-electron chi connectivity index (χ2n) is 12.9. The monoisotopic (exact) mass is 596 g/mol. The van der Waals surface area contributed by atoms with Crippen molar-refractivity contribution in [1.82, 2.24) is 10.4 Å². The third-order valence-electron chi connectivity index (χ3n) is 6.32. The third kappa shape index (κ3) is 17.7. The molecule has 1 heterocycles. The second kappa shape index (κ2) is 18.5. The van der Waals surface area contributed by atoms with Crippen molar-refractivity contribution >= 4 is 35.6 Å². The van der Waals surface area contributed by atoms with E-state index < -0.39 is 41.0 Å². The van der Waals surface area contributed by atoms with E-state index in [9.17, 15) is 28.8 Å². The van der Waals surface area contributed by atoms with E-state index in [1.807, 2.05) is 20.8 Å². The van der Waals surface area contributed by atoms with Crippen molar-refractivity contribution in [2.24, 2.45) is 0 Å². The molecule has 11 heteroatoms. The minimum absolute atomic E-state index is 0.0125. The van der Waals surface area contributed by atoms with Crippen molar-refractivity contribution in [2.75, 3.05) is 0 Å². The van der Waals surface area contributed by atoms with Crippen LogP contribution in [0.25, 0.3) is 0 Å². The molecule has 3 amide bonds. The molecule has 0 aromatic carbocycles. The summed E-state index contributed by atoms with van der Waals surface area (Å²) in [6.45, 7) is 10.7. The number of unbranched alkanes of at least 4 members (excludes halogenated alkanes) is 9. The summed E-state index contributed by atoms with van der Waals surface area (Å²) >= 11 is 0. The molecule has 0 aromatic heterocycles. The number of carbonyl (C=O) groups excluding carboxylic acids is 6. The second-order valence-corrected chi connectivity index (χ2v) is 12.9. The summed E-state index contributed by atoms with van der Waals surface area (Å²) in [4.78, 5) is 77.3. The quantitative estimate of drug-likeness (QED) is 0.120. The zero-order chi connectivity index (χ0) is 31.8. The summed E-state index contributed by atoms with van der Waals surface area (Å²) in [5, 5.41) is 3.12. The number of imide groups is 1. The van der Waals surface area contributed by atoms with E-state index in [1.165, 1.54) is 0 Å². The predicted octanol–water partition coefficient (Wildman–Crippen LogP) is 5.22. The van der Waals surface area contributed by atoms with Gasteiger partial charge in [0.2, 0.25) is 5.91 Å². The summed E-state index contributed by atoms with van der Waals surface area (Å²) in [7, 11) is 0. The molecule has 0 aromatic rings. The van der Waals surface area contributed by atoms with Crippen LogP contribution in [0, 0.1) is 0 Å². The first kappa shape index (κ1) is 37.0. The maximum atomic E-state index is 12.7. The minimum Gasteiger partial charge on any atom is -0.460 e. The van der Waals surface area contributed by atoms with Gasteiger partial charge in [-0.25, -0.2) is 9.59 Å². The highest BCUT2D eigenvalue weighted by Gasteiger charge is 2.33. The summed E-state index contributed by atoms with van der Waals surface area (Å²) in [5.74, 6) is -3.12. The Balaban J connectivity index is 2.25. The number of hydrogen-bond acceptors (Lipinski definition) is 9. The number of amides is 3. The maximum absolute atomic E-state index is 12.7. The number of rotatable bonds is 19. The molecule has 1 fully saturated rings. The number of nitrogens with zero attached hydrogens (tertiary/aromatic N) is 1. The first-order chi connectivity index (χ1) is 19.6. The summed E-state index contributed by atoms with van der Waals surface area (Å²) in [5.41, 5.74) is -1.21. The van der Waals surface area contributed by atoms with Crippen LogP contribution in [0.4, 0.5) is 0 Å². The van der Waals surface area contributed by atoms with Crippen LogP contribution in [-0.2, 0) is 43.1 Å². The van der Waals surface area contributed by atoms with Crippen molar-refractivity contribution in [3.63, 3.8) is 0 Å². The molecule has 1 saturated heterocycles. The fourth-order valence-electron chi connectivity index (χ4n) is 4.32. The Morgan fingerprint density at radius 1 is 0.667 bits per heavy atom. The van der Waals surface area contributed by atoms with Gasteiger partial charge >= 0.3 is 17.9 Å². The van der Waals surface area contributed by atoms with Gasteiger partial charge in [-0.2, -0.15) is 0 Å².